The fourth-order valence-corrected chi connectivity index (χ4v) is 3.79. The van der Waals surface area contributed by atoms with Gasteiger partial charge >= 0.3 is 0 Å². The van der Waals surface area contributed by atoms with E-state index in [1.165, 1.54) is 21.6 Å². The molecule has 1 unspecified atom stereocenters. The first kappa shape index (κ1) is 19.4. The number of aliphatic hydroxyl groups is 1. The lowest BCUT2D eigenvalue weighted by molar-refractivity contribution is 0.105. The van der Waals surface area contributed by atoms with Crippen molar-refractivity contribution in [1.29, 1.82) is 0 Å². The van der Waals surface area contributed by atoms with Crippen LogP contribution in [0.3, 0.4) is 0 Å². The molecule has 4 rings (SSSR count). The fraction of sp³-hybridized carbons (Fsp3) is 0.185. The quantitative estimate of drug-likeness (QED) is 0.670. The van der Waals surface area contributed by atoms with Gasteiger partial charge in [-0.2, -0.15) is 0 Å². The Kier molecular flexibility index (Phi) is 6.35. The van der Waals surface area contributed by atoms with Crippen LogP contribution in [0.4, 0.5) is 0 Å². The van der Waals surface area contributed by atoms with Crippen molar-refractivity contribution in [3.05, 3.63) is 118 Å². The zero-order valence-electron chi connectivity index (χ0n) is 16.6. The maximum absolute atomic E-state index is 11.0. The number of fused-ring (bicyclic) bond motifs is 1. The summed E-state index contributed by atoms with van der Waals surface area (Å²) in [6.07, 6.45) is 9.01. The molecule has 0 saturated carbocycles. The third-order valence-corrected chi connectivity index (χ3v) is 5.31. The minimum absolute atomic E-state index is 0.534. The maximum Gasteiger partial charge on any atom is 0.0917 e. The Morgan fingerprint density at radius 3 is 2.10 bits per heavy atom. The molecule has 0 heterocycles. The fourth-order valence-electron chi connectivity index (χ4n) is 3.79. The van der Waals surface area contributed by atoms with Gasteiger partial charge in [-0.25, -0.2) is 0 Å². The minimum Gasteiger partial charge on any atom is -0.387 e. The molecule has 146 valence electrons. The molecule has 1 aliphatic carbocycles. The first-order valence-corrected chi connectivity index (χ1v) is 10.2. The summed E-state index contributed by atoms with van der Waals surface area (Å²) in [5.74, 6) is 0. The van der Waals surface area contributed by atoms with Gasteiger partial charge in [0.15, 0.2) is 0 Å². The van der Waals surface area contributed by atoms with Crippen molar-refractivity contribution in [3.63, 3.8) is 0 Å². The Labute approximate surface area is 172 Å². The van der Waals surface area contributed by atoms with Gasteiger partial charge in [0.1, 0.15) is 0 Å². The van der Waals surface area contributed by atoms with E-state index in [0.717, 1.165) is 25.1 Å². The molecular weight excluding hydrogens is 354 g/mol. The second-order valence-electron chi connectivity index (χ2n) is 7.58. The molecule has 0 radical (unpaired) electrons. The zero-order chi connectivity index (χ0) is 19.9. The first-order chi connectivity index (χ1) is 14.3. The molecule has 0 amide bonds. The van der Waals surface area contributed by atoms with Gasteiger partial charge in [-0.05, 0) is 39.6 Å². The monoisotopic (exact) mass is 381 g/mol. The third-order valence-electron chi connectivity index (χ3n) is 5.31. The van der Waals surface area contributed by atoms with Crippen molar-refractivity contribution in [2.75, 3.05) is 6.54 Å². The highest BCUT2D eigenvalue weighted by molar-refractivity contribution is 5.45. The van der Waals surface area contributed by atoms with Crippen LogP contribution in [0.5, 0.6) is 0 Å². The number of allylic oxidation sites excluding steroid dienone is 2. The topological polar surface area (TPSA) is 23.5 Å². The Hall–Kier alpha value is -2.94. The molecular formula is C27H27NO. The molecule has 3 aromatic rings. The van der Waals surface area contributed by atoms with Gasteiger partial charge < -0.3 is 5.11 Å². The summed E-state index contributed by atoms with van der Waals surface area (Å²) in [5.41, 5.74) is 3.48. The molecule has 2 heteroatoms. The molecule has 0 spiro atoms. The lowest BCUT2D eigenvalue weighted by Gasteiger charge is -2.25. The summed E-state index contributed by atoms with van der Waals surface area (Å²) in [6.45, 7) is 2.20. The van der Waals surface area contributed by atoms with E-state index in [0.29, 0.717) is 6.54 Å². The predicted octanol–water partition coefficient (Wildman–Crippen LogP) is 3.94. The van der Waals surface area contributed by atoms with Crippen LogP contribution >= 0.6 is 0 Å². The van der Waals surface area contributed by atoms with Crippen LogP contribution in [0.1, 0.15) is 29.2 Å². The Morgan fingerprint density at radius 2 is 1.45 bits per heavy atom. The standard InChI is InChI=1S/C27H27NO/c29-27(26-17-16-24-14-8-3-9-15-25(24)18-26)21-28(19-22-10-4-1-5-11-22)20-23-12-6-2-7-13-23/h1-7,9-18,27,29H,8,19-21H2. The number of benzene rings is 3. The SMILES string of the molecule is OC(CN(Cc1ccccc1)Cc1ccccc1)c1ccc2c(c1)=CC=CCC=2. The molecule has 3 aromatic carbocycles. The molecule has 29 heavy (non-hydrogen) atoms. The third kappa shape index (κ3) is 5.32. The van der Waals surface area contributed by atoms with Crippen LogP contribution in [0.2, 0.25) is 0 Å². The summed E-state index contributed by atoms with van der Waals surface area (Å²) >= 11 is 0. The average Bonchev–Trinajstić information content (AvgIpc) is 3.00. The molecule has 0 bridgehead atoms. The van der Waals surface area contributed by atoms with Gasteiger partial charge in [0.2, 0.25) is 0 Å². The van der Waals surface area contributed by atoms with E-state index in [-0.39, 0.29) is 0 Å². The van der Waals surface area contributed by atoms with Gasteiger partial charge in [0.25, 0.3) is 0 Å². The number of nitrogens with zero attached hydrogens (tertiary/aromatic N) is 1. The van der Waals surface area contributed by atoms with Crippen LogP contribution in [-0.2, 0) is 13.1 Å². The van der Waals surface area contributed by atoms with Crippen LogP contribution in [0.15, 0.2) is 91.0 Å². The Bertz CT molecular complexity index is 1030. The highest BCUT2D eigenvalue weighted by Gasteiger charge is 2.15. The van der Waals surface area contributed by atoms with E-state index in [9.17, 15) is 5.11 Å². The average molecular weight is 382 g/mol. The smallest absolute Gasteiger partial charge is 0.0917 e. The van der Waals surface area contributed by atoms with Crippen molar-refractivity contribution < 1.29 is 5.11 Å². The second-order valence-corrected chi connectivity index (χ2v) is 7.58. The van der Waals surface area contributed by atoms with Crippen molar-refractivity contribution in [2.45, 2.75) is 25.6 Å². The zero-order valence-corrected chi connectivity index (χ0v) is 16.6. The lowest BCUT2D eigenvalue weighted by Crippen LogP contribution is -2.30. The van der Waals surface area contributed by atoms with E-state index < -0.39 is 6.10 Å². The van der Waals surface area contributed by atoms with Crippen LogP contribution in [0, 0.1) is 0 Å². The molecule has 0 saturated heterocycles. The van der Waals surface area contributed by atoms with E-state index in [1.54, 1.807) is 0 Å². The largest absolute Gasteiger partial charge is 0.387 e. The van der Waals surface area contributed by atoms with Crippen LogP contribution in [-0.4, -0.2) is 16.6 Å². The lowest BCUT2D eigenvalue weighted by atomic mass is 10.0. The van der Waals surface area contributed by atoms with Crippen molar-refractivity contribution in [3.8, 4) is 0 Å². The summed E-state index contributed by atoms with van der Waals surface area (Å²) in [7, 11) is 0. The molecule has 0 fully saturated rings. The normalized spacial score (nSPS) is 13.9. The van der Waals surface area contributed by atoms with Gasteiger partial charge in [-0.3, -0.25) is 4.90 Å². The molecule has 1 N–H and O–H groups in total. The van der Waals surface area contributed by atoms with E-state index in [1.807, 2.05) is 12.1 Å². The van der Waals surface area contributed by atoms with Crippen LogP contribution < -0.4 is 10.4 Å². The number of rotatable bonds is 7. The summed E-state index contributed by atoms with van der Waals surface area (Å²) in [4.78, 5) is 2.32. The van der Waals surface area contributed by atoms with E-state index in [4.69, 9.17) is 0 Å². The number of aliphatic hydroxyl groups excluding tert-OH is 1. The summed E-state index contributed by atoms with van der Waals surface area (Å²) in [5, 5.41) is 13.4. The van der Waals surface area contributed by atoms with Gasteiger partial charge in [-0.1, -0.05) is 97.1 Å². The summed E-state index contributed by atoms with van der Waals surface area (Å²) in [6, 6.07) is 27.2. The van der Waals surface area contributed by atoms with E-state index in [2.05, 4.69) is 95.9 Å². The Morgan fingerprint density at radius 1 is 0.793 bits per heavy atom. The molecule has 0 aromatic heterocycles. The van der Waals surface area contributed by atoms with Gasteiger partial charge in [0.05, 0.1) is 6.10 Å². The number of hydrogen-bond acceptors (Lipinski definition) is 2. The maximum atomic E-state index is 11.0. The van der Waals surface area contributed by atoms with Crippen LogP contribution in [0.25, 0.3) is 12.2 Å². The molecule has 2 nitrogen and oxygen atoms in total. The van der Waals surface area contributed by atoms with Crippen molar-refractivity contribution in [2.24, 2.45) is 0 Å². The highest BCUT2D eigenvalue weighted by atomic mass is 16.3. The van der Waals surface area contributed by atoms with Gasteiger partial charge in [0, 0.05) is 19.6 Å². The van der Waals surface area contributed by atoms with Crippen molar-refractivity contribution in [1.82, 2.24) is 4.90 Å². The van der Waals surface area contributed by atoms with Gasteiger partial charge in [-0.15, -0.1) is 0 Å². The second kappa shape index (κ2) is 9.51. The summed E-state index contributed by atoms with van der Waals surface area (Å²) < 4.78 is 0. The Balaban J connectivity index is 1.55. The molecule has 1 atom stereocenters. The van der Waals surface area contributed by atoms with Crippen molar-refractivity contribution >= 4 is 12.2 Å². The highest BCUT2D eigenvalue weighted by Crippen LogP contribution is 2.17. The number of hydrogen-bond donors (Lipinski definition) is 1. The molecule has 0 aliphatic heterocycles. The predicted molar refractivity (Wildman–Crippen MR) is 120 cm³/mol. The minimum atomic E-state index is -0.534. The first-order valence-electron chi connectivity index (χ1n) is 10.2. The molecule has 1 aliphatic rings. The van der Waals surface area contributed by atoms with E-state index >= 15 is 0 Å².